The molecule has 2 aromatic heterocycles. The third-order valence-electron chi connectivity index (χ3n) is 6.33. The molecule has 0 unspecified atom stereocenters. The molecule has 9 heteroatoms. The van der Waals surface area contributed by atoms with E-state index in [9.17, 15) is 9.18 Å². The highest BCUT2D eigenvalue weighted by molar-refractivity contribution is 7.80. The van der Waals surface area contributed by atoms with Crippen LogP contribution >= 0.6 is 12.2 Å². The molecule has 0 spiro atoms. The van der Waals surface area contributed by atoms with Crippen LogP contribution in [-0.4, -0.2) is 34.3 Å². The molecule has 4 aromatic rings. The first-order valence-corrected chi connectivity index (χ1v) is 12.2. The highest BCUT2D eigenvalue weighted by atomic mass is 32.1. The number of aromatic nitrogens is 2. The number of amides is 1. The number of hydrogen-bond acceptors (Lipinski definition) is 4. The van der Waals surface area contributed by atoms with Crippen LogP contribution in [0.3, 0.4) is 0 Å². The van der Waals surface area contributed by atoms with Gasteiger partial charge in [-0.1, -0.05) is 18.2 Å². The van der Waals surface area contributed by atoms with Gasteiger partial charge in [0.25, 0.3) is 0 Å². The van der Waals surface area contributed by atoms with E-state index in [1.165, 1.54) is 13.2 Å². The fourth-order valence-corrected chi connectivity index (χ4v) is 5.04. The standard InChI is InChI=1S/C28H26FN5O2S/c1-18-16-19(12-13-21(18)31-25(35)17-36-2)34-27(26(32-28(34)37)22-9-5-6-14-30-22)24-11-7-15-33(24)23-10-4-3-8-20(23)29/h3-16,26-27H,17H2,1-2H3,(H,31,35)(H,32,37)/t26-,27-/m1/s1. The van der Waals surface area contributed by atoms with Crippen molar-refractivity contribution in [3.63, 3.8) is 0 Å². The Morgan fingerprint density at radius 3 is 2.68 bits per heavy atom. The first kappa shape index (κ1) is 24.6. The van der Waals surface area contributed by atoms with E-state index in [1.54, 1.807) is 18.3 Å². The second-order valence-electron chi connectivity index (χ2n) is 8.73. The maximum atomic E-state index is 14.9. The average Bonchev–Trinajstić information content (AvgIpc) is 3.50. The van der Waals surface area contributed by atoms with Gasteiger partial charge in [0.1, 0.15) is 18.5 Å². The fourth-order valence-electron chi connectivity index (χ4n) is 4.69. The number of hydrogen-bond donors (Lipinski definition) is 2. The predicted octanol–water partition coefficient (Wildman–Crippen LogP) is 5.08. The SMILES string of the molecule is COCC(=O)Nc1ccc(N2C(=S)N[C@H](c3ccccn3)[C@H]2c2cccn2-c2ccccc2F)cc1C. The van der Waals surface area contributed by atoms with Crippen LogP contribution in [0.25, 0.3) is 5.69 Å². The number of anilines is 2. The van der Waals surface area contributed by atoms with E-state index in [1.807, 2.05) is 77.2 Å². The number of methoxy groups -OCH3 is 1. The number of nitrogens with one attached hydrogen (secondary N) is 2. The molecule has 0 bridgehead atoms. The van der Waals surface area contributed by atoms with Gasteiger partial charge in [-0.05, 0) is 79.3 Å². The van der Waals surface area contributed by atoms with Crippen molar-refractivity contribution in [3.8, 4) is 5.69 Å². The summed E-state index contributed by atoms with van der Waals surface area (Å²) in [6.07, 6.45) is 3.60. The third kappa shape index (κ3) is 4.83. The van der Waals surface area contributed by atoms with Crippen molar-refractivity contribution >= 4 is 34.6 Å². The topological polar surface area (TPSA) is 71.4 Å². The normalized spacial score (nSPS) is 17.1. The Hall–Kier alpha value is -4.08. The maximum absolute atomic E-state index is 14.9. The molecule has 1 aliphatic heterocycles. The van der Waals surface area contributed by atoms with Crippen molar-refractivity contribution in [2.45, 2.75) is 19.0 Å². The molecule has 37 heavy (non-hydrogen) atoms. The number of thiocarbonyl (C=S) groups is 1. The predicted molar refractivity (Wildman–Crippen MR) is 145 cm³/mol. The fraction of sp³-hybridized carbons (Fsp3) is 0.179. The van der Waals surface area contributed by atoms with Gasteiger partial charge in [0.05, 0.1) is 17.4 Å². The van der Waals surface area contributed by atoms with Crippen LogP contribution in [0, 0.1) is 12.7 Å². The summed E-state index contributed by atoms with van der Waals surface area (Å²) in [5.41, 5.74) is 4.52. The van der Waals surface area contributed by atoms with E-state index < -0.39 is 0 Å². The van der Waals surface area contributed by atoms with Crippen LogP contribution in [0.4, 0.5) is 15.8 Å². The van der Waals surface area contributed by atoms with E-state index in [2.05, 4.69) is 15.6 Å². The second-order valence-corrected chi connectivity index (χ2v) is 9.12. The number of carbonyl (C=O) groups excluding carboxylic acids is 1. The van der Waals surface area contributed by atoms with E-state index in [-0.39, 0.29) is 30.4 Å². The number of para-hydroxylation sites is 1. The van der Waals surface area contributed by atoms with E-state index >= 15 is 0 Å². The van der Waals surface area contributed by atoms with Crippen LogP contribution in [0.15, 0.2) is 85.2 Å². The van der Waals surface area contributed by atoms with Gasteiger partial charge < -0.3 is 24.8 Å². The molecule has 1 saturated heterocycles. The molecule has 0 aliphatic carbocycles. The second kappa shape index (κ2) is 10.5. The van der Waals surface area contributed by atoms with Gasteiger partial charge in [-0.15, -0.1) is 0 Å². The summed E-state index contributed by atoms with van der Waals surface area (Å²) < 4.78 is 21.6. The highest BCUT2D eigenvalue weighted by Gasteiger charge is 2.42. The molecule has 2 atom stereocenters. The number of benzene rings is 2. The lowest BCUT2D eigenvalue weighted by Crippen LogP contribution is -2.30. The van der Waals surface area contributed by atoms with Crippen molar-refractivity contribution in [1.82, 2.24) is 14.9 Å². The minimum Gasteiger partial charge on any atom is -0.375 e. The summed E-state index contributed by atoms with van der Waals surface area (Å²) in [6, 6.07) is 21.4. The summed E-state index contributed by atoms with van der Waals surface area (Å²) in [5, 5.41) is 6.82. The summed E-state index contributed by atoms with van der Waals surface area (Å²) in [6.45, 7) is 1.90. The molecule has 1 fully saturated rings. The molecule has 1 amide bonds. The molecular weight excluding hydrogens is 489 g/mol. The molecule has 0 saturated carbocycles. The lowest BCUT2D eigenvalue weighted by molar-refractivity contribution is -0.119. The van der Waals surface area contributed by atoms with Gasteiger partial charge in [0, 0.05) is 36.6 Å². The Labute approximate surface area is 219 Å². The number of nitrogens with zero attached hydrogens (tertiary/aromatic N) is 3. The Morgan fingerprint density at radius 2 is 1.95 bits per heavy atom. The Balaban J connectivity index is 1.60. The van der Waals surface area contributed by atoms with E-state index in [0.717, 1.165) is 22.6 Å². The first-order valence-electron chi connectivity index (χ1n) is 11.8. The Bertz CT molecular complexity index is 1440. The minimum absolute atomic E-state index is 0.0256. The van der Waals surface area contributed by atoms with Crippen molar-refractivity contribution in [2.75, 3.05) is 23.9 Å². The monoisotopic (exact) mass is 515 g/mol. The van der Waals surface area contributed by atoms with Crippen LogP contribution in [0.5, 0.6) is 0 Å². The maximum Gasteiger partial charge on any atom is 0.250 e. The molecule has 7 nitrogen and oxygen atoms in total. The van der Waals surface area contributed by atoms with Crippen LogP contribution in [0.2, 0.25) is 0 Å². The van der Waals surface area contributed by atoms with Crippen LogP contribution in [-0.2, 0) is 9.53 Å². The number of aryl methyl sites for hydroxylation is 1. The number of halogens is 1. The summed E-state index contributed by atoms with van der Waals surface area (Å²) in [4.78, 5) is 18.7. The molecular formula is C28H26FN5O2S. The van der Waals surface area contributed by atoms with Crippen molar-refractivity contribution in [3.05, 3.63) is 108 Å². The highest BCUT2D eigenvalue weighted by Crippen LogP contribution is 2.43. The molecule has 2 N–H and O–H groups in total. The van der Waals surface area contributed by atoms with E-state index in [4.69, 9.17) is 17.0 Å². The van der Waals surface area contributed by atoms with Crippen LogP contribution < -0.4 is 15.5 Å². The molecule has 0 radical (unpaired) electrons. The molecule has 2 aromatic carbocycles. The van der Waals surface area contributed by atoms with Gasteiger partial charge in [-0.2, -0.15) is 0 Å². The quantitative estimate of drug-likeness (QED) is 0.335. The van der Waals surface area contributed by atoms with Crippen molar-refractivity contribution in [1.29, 1.82) is 0 Å². The molecule has 5 rings (SSSR count). The first-order chi connectivity index (χ1) is 18.0. The van der Waals surface area contributed by atoms with Crippen LogP contribution in [0.1, 0.15) is 29.0 Å². The van der Waals surface area contributed by atoms with Gasteiger partial charge >= 0.3 is 0 Å². The van der Waals surface area contributed by atoms with Gasteiger partial charge in [0.2, 0.25) is 5.91 Å². The summed E-state index contributed by atoms with van der Waals surface area (Å²) >= 11 is 5.83. The summed E-state index contributed by atoms with van der Waals surface area (Å²) in [5.74, 6) is -0.547. The molecule has 188 valence electrons. The molecule has 1 aliphatic rings. The van der Waals surface area contributed by atoms with Gasteiger partial charge in [0.15, 0.2) is 5.11 Å². The number of rotatable bonds is 7. The number of ether oxygens (including phenoxy) is 1. The van der Waals surface area contributed by atoms with Gasteiger partial charge in [-0.25, -0.2) is 4.39 Å². The average molecular weight is 516 g/mol. The van der Waals surface area contributed by atoms with Gasteiger partial charge in [-0.3, -0.25) is 9.78 Å². The van der Waals surface area contributed by atoms with E-state index in [0.29, 0.717) is 16.5 Å². The zero-order chi connectivity index (χ0) is 25.9. The minimum atomic E-state index is -0.328. The molecule has 3 heterocycles. The largest absolute Gasteiger partial charge is 0.375 e. The lowest BCUT2D eigenvalue weighted by Gasteiger charge is -2.29. The van der Waals surface area contributed by atoms with Crippen molar-refractivity contribution < 1.29 is 13.9 Å². The third-order valence-corrected chi connectivity index (χ3v) is 6.65. The summed E-state index contributed by atoms with van der Waals surface area (Å²) in [7, 11) is 1.48. The number of carbonyl (C=O) groups is 1. The Morgan fingerprint density at radius 1 is 1.14 bits per heavy atom. The smallest absolute Gasteiger partial charge is 0.250 e. The zero-order valence-corrected chi connectivity index (χ0v) is 21.2. The lowest BCUT2D eigenvalue weighted by atomic mass is 10.00. The number of pyridine rings is 1. The van der Waals surface area contributed by atoms with Crippen molar-refractivity contribution in [2.24, 2.45) is 0 Å². The Kier molecular flexibility index (Phi) is 6.98. The zero-order valence-electron chi connectivity index (χ0n) is 20.4.